The van der Waals surface area contributed by atoms with E-state index in [9.17, 15) is 18.0 Å². The summed E-state index contributed by atoms with van der Waals surface area (Å²) >= 11 is 0. The number of Topliss-reactive ketones (excluding diaryl/α,β-unsaturated/α-hetero) is 1. The van der Waals surface area contributed by atoms with Gasteiger partial charge in [0, 0.05) is 19.9 Å². The summed E-state index contributed by atoms with van der Waals surface area (Å²) < 4.78 is 26.4. The highest BCUT2D eigenvalue weighted by Gasteiger charge is 2.15. The second kappa shape index (κ2) is 13.7. The second-order valence-corrected chi connectivity index (χ2v) is 9.00. The third kappa shape index (κ3) is 14.3. The van der Waals surface area contributed by atoms with Crippen molar-refractivity contribution in [2.75, 3.05) is 6.54 Å². The van der Waals surface area contributed by atoms with Gasteiger partial charge >= 0.3 is 0 Å². The molecular formula is C22H34N2O4S. The Labute approximate surface area is 175 Å². The second-order valence-electron chi connectivity index (χ2n) is 7.28. The van der Waals surface area contributed by atoms with E-state index in [0.29, 0.717) is 17.9 Å². The number of hydrogen-bond donors (Lipinski definition) is 2. The van der Waals surface area contributed by atoms with Crippen LogP contribution in [-0.4, -0.2) is 26.7 Å². The maximum absolute atomic E-state index is 12.0. The Bertz CT molecular complexity index is 806. The van der Waals surface area contributed by atoms with Gasteiger partial charge in [-0.2, -0.15) is 0 Å². The molecule has 0 fully saturated rings. The van der Waals surface area contributed by atoms with Gasteiger partial charge in [0.25, 0.3) is 0 Å². The molecule has 1 rings (SSSR count). The van der Waals surface area contributed by atoms with Crippen LogP contribution in [0.3, 0.4) is 0 Å². The molecule has 0 aliphatic heterocycles. The van der Waals surface area contributed by atoms with Gasteiger partial charge in [0.05, 0.1) is 11.4 Å². The number of ketones is 1. The fourth-order valence-electron chi connectivity index (χ4n) is 1.91. The third-order valence-electron chi connectivity index (χ3n) is 3.46. The molecule has 2 N–H and O–H groups in total. The quantitative estimate of drug-likeness (QED) is 0.469. The first-order chi connectivity index (χ1) is 13.5. The van der Waals surface area contributed by atoms with Crippen molar-refractivity contribution in [2.45, 2.75) is 53.7 Å². The van der Waals surface area contributed by atoms with Crippen LogP contribution in [0.25, 0.3) is 0 Å². The summed E-state index contributed by atoms with van der Waals surface area (Å²) in [5, 5.41) is 2.79. The molecule has 162 valence electrons. The minimum Gasteiger partial charge on any atom is -0.356 e. The van der Waals surface area contributed by atoms with Crippen LogP contribution in [0.5, 0.6) is 0 Å². The van der Waals surface area contributed by atoms with Crippen molar-refractivity contribution in [1.29, 1.82) is 0 Å². The Kier molecular flexibility index (Phi) is 12.6. The number of allylic oxidation sites excluding steroid dienone is 4. The molecule has 1 aromatic rings. The van der Waals surface area contributed by atoms with E-state index in [1.54, 1.807) is 30.3 Å². The van der Waals surface area contributed by atoms with E-state index in [1.165, 1.54) is 13.0 Å². The van der Waals surface area contributed by atoms with Crippen LogP contribution < -0.4 is 10.0 Å². The summed E-state index contributed by atoms with van der Waals surface area (Å²) in [6.45, 7) is 11.9. The van der Waals surface area contributed by atoms with Crippen LogP contribution in [-0.2, 0) is 25.4 Å². The van der Waals surface area contributed by atoms with Gasteiger partial charge in [0.1, 0.15) is 0 Å². The lowest BCUT2D eigenvalue weighted by molar-refractivity contribution is -0.121. The Morgan fingerprint density at radius 1 is 1.03 bits per heavy atom. The zero-order valence-electron chi connectivity index (χ0n) is 18.3. The van der Waals surface area contributed by atoms with E-state index in [4.69, 9.17) is 0 Å². The van der Waals surface area contributed by atoms with Gasteiger partial charge in [0.2, 0.25) is 15.9 Å². The summed E-state index contributed by atoms with van der Waals surface area (Å²) in [6, 6.07) is 8.82. The number of rotatable bonds is 9. The molecule has 0 aromatic heterocycles. The summed E-state index contributed by atoms with van der Waals surface area (Å²) in [4.78, 5) is 22.1. The Morgan fingerprint density at radius 3 is 2.07 bits per heavy atom. The monoisotopic (exact) mass is 422 g/mol. The maximum Gasteiger partial charge on any atom is 0.237 e. The van der Waals surface area contributed by atoms with E-state index in [2.05, 4.69) is 23.9 Å². The predicted octanol–water partition coefficient (Wildman–Crippen LogP) is 3.71. The number of nitrogens with one attached hydrogen (secondary N) is 2. The topological polar surface area (TPSA) is 92.3 Å². The Balaban J connectivity index is 0.000000734. The van der Waals surface area contributed by atoms with Crippen LogP contribution >= 0.6 is 0 Å². The molecule has 0 aliphatic carbocycles. The average molecular weight is 423 g/mol. The van der Waals surface area contributed by atoms with Crippen molar-refractivity contribution < 1.29 is 18.0 Å². The van der Waals surface area contributed by atoms with E-state index in [-0.39, 0.29) is 23.1 Å². The first kappa shape index (κ1) is 26.6. The van der Waals surface area contributed by atoms with Gasteiger partial charge < -0.3 is 5.32 Å². The fourth-order valence-corrected chi connectivity index (χ4v) is 3.16. The molecule has 6 nitrogen and oxygen atoms in total. The van der Waals surface area contributed by atoms with Crippen molar-refractivity contribution in [2.24, 2.45) is 5.92 Å². The van der Waals surface area contributed by atoms with Crippen molar-refractivity contribution in [3.8, 4) is 0 Å². The maximum atomic E-state index is 12.0. The van der Waals surface area contributed by atoms with Gasteiger partial charge in [-0.1, -0.05) is 62.8 Å². The summed E-state index contributed by atoms with van der Waals surface area (Å²) in [7, 11) is -3.60. The summed E-state index contributed by atoms with van der Waals surface area (Å²) in [6.07, 6.45) is 3.77. The molecule has 0 aliphatic rings. The molecule has 1 amide bonds. The van der Waals surface area contributed by atoms with Crippen molar-refractivity contribution in [3.05, 3.63) is 59.3 Å². The molecule has 0 saturated carbocycles. The van der Waals surface area contributed by atoms with Gasteiger partial charge in [-0.15, -0.1) is 0 Å². The standard InChI is InChI=1S/C15H19NO3S.C7H15NO/c1-12(2)9-10-15(13(3)17)16-20(18,19)11-14-7-5-4-6-8-14;1-4-7(9)8-5-6(2)3/h4-10,16H,11H2,1-3H3;6H,4-5H2,1-3H3,(H,8,9)/b15-10+;. The van der Waals surface area contributed by atoms with E-state index in [0.717, 1.165) is 12.1 Å². The van der Waals surface area contributed by atoms with Gasteiger partial charge in [-0.25, -0.2) is 8.42 Å². The van der Waals surface area contributed by atoms with Crippen molar-refractivity contribution in [1.82, 2.24) is 10.0 Å². The molecular weight excluding hydrogens is 388 g/mol. The molecule has 0 spiro atoms. The smallest absolute Gasteiger partial charge is 0.237 e. The molecule has 0 heterocycles. The van der Waals surface area contributed by atoms with Crippen LogP contribution in [0.1, 0.15) is 53.5 Å². The first-order valence-electron chi connectivity index (χ1n) is 9.64. The largest absolute Gasteiger partial charge is 0.356 e. The van der Waals surface area contributed by atoms with Crippen molar-refractivity contribution >= 4 is 21.7 Å². The van der Waals surface area contributed by atoms with E-state index in [1.807, 2.05) is 26.8 Å². The Morgan fingerprint density at radius 2 is 1.62 bits per heavy atom. The molecule has 0 saturated heterocycles. The number of sulfonamides is 1. The Hall–Kier alpha value is -2.41. The van der Waals surface area contributed by atoms with Crippen LogP contribution in [0, 0.1) is 5.92 Å². The highest BCUT2D eigenvalue weighted by atomic mass is 32.2. The van der Waals surface area contributed by atoms with Crippen molar-refractivity contribution in [3.63, 3.8) is 0 Å². The lowest BCUT2D eigenvalue weighted by Gasteiger charge is -2.09. The lowest BCUT2D eigenvalue weighted by Crippen LogP contribution is -2.27. The van der Waals surface area contributed by atoms with Crippen LogP contribution in [0.15, 0.2) is 53.8 Å². The number of carbonyl (C=O) groups is 2. The molecule has 29 heavy (non-hydrogen) atoms. The van der Waals surface area contributed by atoms with Gasteiger partial charge in [-0.3, -0.25) is 14.3 Å². The van der Waals surface area contributed by atoms with Crippen LogP contribution in [0.2, 0.25) is 0 Å². The minimum atomic E-state index is -3.60. The molecule has 0 bridgehead atoms. The summed E-state index contributed by atoms with van der Waals surface area (Å²) in [5.74, 6) is 0.219. The summed E-state index contributed by atoms with van der Waals surface area (Å²) in [5.41, 5.74) is 1.72. The van der Waals surface area contributed by atoms with Crippen LogP contribution in [0.4, 0.5) is 0 Å². The number of hydrogen-bond acceptors (Lipinski definition) is 4. The highest BCUT2D eigenvalue weighted by molar-refractivity contribution is 7.88. The average Bonchev–Trinajstić information content (AvgIpc) is 2.63. The van der Waals surface area contributed by atoms with Gasteiger partial charge in [0.15, 0.2) is 5.78 Å². The number of carbonyl (C=O) groups excluding carboxylic acids is 2. The zero-order valence-corrected chi connectivity index (χ0v) is 19.1. The molecule has 7 heteroatoms. The molecule has 0 radical (unpaired) electrons. The van der Waals surface area contributed by atoms with E-state index < -0.39 is 10.0 Å². The van der Waals surface area contributed by atoms with Gasteiger partial charge in [-0.05, 0) is 31.4 Å². The fraction of sp³-hybridized carbons (Fsp3) is 0.455. The highest BCUT2D eigenvalue weighted by Crippen LogP contribution is 2.06. The molecule has 0 unspecified atom stereocenters. The van der Waals surface area contributed by atoms with E-state index >= 15 is 0 Å². The molecule has 0 atom stereocenters. The lowest BCUT2D eigenvalue weighted by atomic mass is 10.2. The third-order valence-corrected chi connectivity index (χ3v) is 4.70. The SMILES string of the molecule is CC(=O)/C(=C\C=C(C)C)NS(=O)(=O)Cc1ccccc1.CCC(=O)NCC(C)C. The normalized spacial score (nSPS) is 11.2. The number of amides is 1. The molecule has 1 aromatic carbocycles. The zero-order chi connectivity index (χ0) is 22.4. The first-order valence-corrected chi connectivity index (χ1v) is 11.3. The minimum absolute atomic E-state index is 0.0714. The predicted molar refractivity (Wildman–Crippen MR) is 119 cm³/mol. The number of benzene rings is 1.